The van der Waals surface area contributed by atoms with E-state index in [-0.39, 0.29) is 17.6 Å². The molecule has 0 bridgehead atoms. The molecule has 0 radical (unpaired) electrons. The summed E-state index contributed by atoms with van der Waals surface area (Å²) in [5.41, 5.74) is 0.593. The summed E-state index contributed by atoms with van der Waals surface area (Å²) in [5, 5.41) is 13.6. The lowest BCUT2D eigenvalue weighted by Gasteiger charge is -2.23. The van der Waals surface area contributed by atoms with Crippen molar-refractivity contribution in [3.8, 4) is 0 Å². The van der Waals surface area contributed by atoms with Gasteiger partial charge in [0, 0.05) is 11.6 Å². The smallest absolute Gasteiger partial charge is 0.228 e. The summed E-state index contributed by atoms with van der Waals surface area (Å²) < 4.78 is 13.1. The topological polar surface area (TPSA) is 66.9 Å². The van der Waals surface area contributed by atoms with Crippen LogP contribution in [0.5, 0.6) is 0 Å². The minimum atomic E-state index is -0.322. The Morgan fingerprint density at radius 1 is 1.14 bits per heavy atom. The summed E-state index contributed by atoms with van der Waals surface area (Å²) in [6, 6.07) is 9.44. The maximum Gasteiger partial charge on any atom is 0.228 e. The van der Waals surface area contributed by atoms with Crippen molar-refractivity contribution in [2.45, 2.75) is 19.3 Å². The Labute approximate surface area is 121 Å². The predicted octanol–water partition coefficient (Wildman–Crippen LogP) is 3.10. The second kappa shape index (κ2) is 5.87. The number of hydrogen-bond acceptors (Lipinski definition) is 4. The van der Waals surface area contributed by atoms with Gasteiger partial charge in [-0.25, -0.2) is 4.39 Å². The number of anilines is 3. The number of nitrogens with zero attached hydrogens (tertiary/aromatic N) is 2. The molecular formula is C15H15FN4O. The van der Waals surface area contributed by atoms with E-state index in [9.17, 15) is 9.18 Å². The van der Waals surface area contributed by atoms with E-state index < -0.39 is 0 Å². The van der Waals surface area contributed by atoms with Crippen molar-refractivity contribution in [2.24, 2.45) is 5.92 Å². The second-order valence-electron chi connectivity index (χ2n) is 5.06. The fourth-order valence-corrected chi connectivity index (χ4v) is 2.08. The molecule has 2 aromatic rings. The first-order valence-corrected chi connectivity index (χ1v) is 6.88. The van der Waals surface area contributed by atoms with Crippen LogP contribution < -0.4 is 10.6 Å². The average Bonchev–Trinajstić information content (AvgIpc) is 2.39. The Kier molecular flexibility index (Phi) is 3.77. The molecule has 1 saturated carbocycles. The van der Waals surface area contributed by atoms with Gasteiger partial charge in [-0.1, -0.05) is 12.5 Å². The fraction of sp³-hybridized carbons (Fsp3) is 0.267. The van der Waals surface area contributed by atoms with E-state index in [2.05, 4.69) is 20.8 Å². The summed E-state index contributed by atoms with van der Waals surface area (Å²) in [6.07, 6.45) is 3.00. The third-order valence-corrected chi connectivity index (χ3v) is 3.49. The number of aromatic nitrogens is 2. The molecule has 0 aliphatic heterocycles. The van der Waals surface area contributed by atoms with Gasteiger partial charge in [0.15, 0.2) is 11.6 Å². The summed E-state index contributed by atoms with van der Waals surface area (Å²) in [4.78, 5) is 11.8. The standard InChI is InChI=1S/C15H15FN4O/c16-11-5-2-6-12(9-11)17-13-7-8-14(20-19-13)18-15(21)10-3-1-4-10/h2,5-10H,1,3-4H2,(H,17,19)(H,18,20,21). The Morgan fingerprint density at radius 2 is 1.90 bits per heavy atom. The monoisotopic (exact) mass is 286 g/mol. The van der Waals surface area contributed by atoms with Crippen molar-refractivity contribution in [1.29, 1.82) is 0 Å². The first-order chi connectivity index (χ1) is 10.2. The van der Waals surface area contributed by atoms with Gasteiger partial charge in [0.05, 0.1) is 0 Å². The lowest BCUT2D eigenvalue weighted by Crippen LogP contribution is -2.28. The molecule has 1 heterocycles. The third kappa shape index (κ3) is 3.34. The van der Waals surface area contributed by atoms with Crippen LogP contribution >= 0.6 is 0 Å². The van der Waals surface area contributed by atoms with E-state index in [1.807, 2.05) is 0 Å². The van der Waals surface area contributed by atoms with Gasteiger partial charge in [-0.3, -0.25) is 4.79 Å². The first-order valence-electron chi connectivity index (χ1n) is 6.88. The Bertz CT molecular complexity index is 640. The normalized spacial score (nSPS) is 14.3. The fourth-order valence-electron chi connectivity index (χ4n) is 2.08. The number of carbonyl (C=O) groups is 1. The molecule has 0 spiro atoms. The van der Waals surface area contributed by atoms with Crippen molar-refractivity contribution in [1.82, 2.24) is 10.2 Å². The highest BCUT2D eigenvalue weighted by molar-refractivity contribution is 5.92. The van der Waals surface area contributed by atoms with Gasteiger partial charge < -0.3 is 10.6 Å². The van der Waals surface area contributed by atoms with E-state index in [1.54, 1.807) is 24.3 Å². The van der Waals surface area contributed by atoms with E-state index in [4.69, 9.17) is 0 Å². The molecule has 1 aliphatic carbocycles. The molecule has 5 nitrogen and oxygen atoms in total. The molecule has 1 aromatic heterocycles. The van der Waals surface area contributed by atoms with Crippen LogP contribution in [-0.2, 0) is 4.79 Å². The lowest BCUT2D eigenvalue weighted by molar-refractivity contribution is -0.122. The summed E-state index contributed by atoms with van der Waals surface area (Å²) in [5.74, 6) is 0.703. The molecule has 1 aromatic carbocycles. The van der Waals surface area contributed by atoms with Gasteiger partial charge >= 0.3 is 0 Å². The zero-order valence-electron chi connectivity index (χ0n) is 11.3. The molecule has 2 N–H and O–H groups in total. The Morgan fingerprint density at radius 3 is 2.52 bits per heavy atom. The van der Waals surface area contributed by atoms with Gasteiger partial charge in [-0.05, 0) is 43.2 Å². The molecule has 108 valence electrons. The Balaban J connectivity index is 1.62. The van der Waals surface area contributed by atoms with Crippen molar-refractivity contribution in [3.63, 3.8) is 0 Å². The molecule has 21 heavy (non-hydrogen) atoms. The number of amides is 1. The van der Waals surface area contributed by atoms with Crippen molar-refractivity contribution in [3.05, 3.63) is 42.2 Å². The van der Waals surface area contributed by atoms with Crippen LogP contribution in [-0.4, -0.2) is 16.1 Å². The zero-order chi connectivity index (χ0) is 14.7. The maximum atomic E-state index is 13.1. The highest BCUT2D eigenvalue weighted by Crippen LogP contribution is 2.27. The van der Waals surface area contributed by atoms with Crippen LogP contribution in [0.1, 0.15) is 19.3 Å². The average molecular weight is 286 g/mol. The zero-order valence-corrected chi connectivity index (χ0v) is 11.3. The highest BCUT2D eigenvalue weighted by atomic mass is 19.1. The number of nitrogens with one attached hydrogen (secondary N) is 2. The van der Waals surface area contributed by atoms with Gasteiger partial charge in [-0.2, -0.15) is 0 Å². The number of halogens is 1. The van der Waals surface area contributed by atoms with E-state index in [0.29, 0.717) is 17.3 Å². The highest BCUT2D eigenvalue weighted by Gasteiger charge is 2.25. The van der Waals surface area contributed by atoms with Gasteiger partial charge in [0.25, 0.3) is 0 Å². The van der Waals surface area contributed by atoms with Crippen LogP contribution in [0.4, 0.5) is 21.7 Å². The molecular weight excluding hydrogens is 271 g/mol. The predicted molar refractivity (Wildman–Crippen MR) is 77.7 cm³/mol. The van der Waals surface area contributed by atoms with Crippen LogP contribution in [0.3, 0.4) is 0 Å². The van der Waals surface area contributed by atoms with Gasteiger partial charge in [0.2, 0.25) is 5.91 Å². The summed E-state index contributed by atoms with van der Waals surface area (Å²) >= 11 is 0. The minimum Gasteiger partial charge on any atom is -0.339 e. The largest absolute Gasteiger partial charge is 0.339 e. The van der Waals surface area contributed by atoms with E-state index in [1.165, 1.54) is 12.1 Å². The van der Waals surface area contributed by atoms with Crippen LogP contribution in [0.15, 0.2) is 36.4 Å². The van der Waals surface area contributed by atoms with Gasteiger partial charge in [0.1, 0.15) is 5.82 Å². The summed E-state index contributed by atoms with van der Waals surface area (Å²) in [7, 11) is 0. The van der Waals surface area contributed by atoms with Crippen molar-refractivity contribution < 1.29 is 9.18 Å². The summed E-state index contributed by atoms with van der Waals surface area (Å²) in [6.45, 7) is 0. The first kappa shape index (κ1) is 13.5. The molecule has 0 unspecified atom stereocenters. The van der Waals surface area contributed by atoms with E-state index >= 15 is 0 Å². The molecule has 6 heteroatoms. The Hall–Kier alpha value is -2.50. The second-order valence-corrected chi connectivity index (χ2v) is 5.06. The van der Waals surface area contributed by atoms with Crippen LogP contribution in [0.25, 0.3) is 0 Å². The number of carbonyl (C=O) groups excluding carboxylic acids is 1. The lowest BCUT2D eigenvalue weighted by atomic mass is 9.85. The van der Waals surface area contributed by atoms with Crippen molar-refractivity contribution >= 4 is 23.2 Å². The third-order valence-electron chi connectivity index (χ3n) is 3.49. The van der Waals surface area contributed by atoms with E-state index in [0.717, 1.165) is 19.3 Å². The van der Waals surface area contributed by atoms with Crippen LogP contribution in [0.2, 0.25) is 0 Å². The minimum absolute atomic E-state index is 0.00129. The maximum absolute atomic E-state index is 13.1. The number of benzene rings is 1. The van der Waals surface area contributed by atoms with Crippen molar-refractivity contribution in [2.75, 3.05) is 10.6 Å². The molecule has 0 saturated heterocycles. The number of hydrogen-bond donors (Lipinski definition) is 2. The molecule has 1 aliphatic rings. The van der Waals surface area contributed by atoms with Crippen LogP contribution in [0, 0.1) is 11.7 Å². The van der Waals surface area contributed by atoms with Gasteiger partial charge in [-0.15, -0.1) is 10.2 Å². The molecule has 0 atom stereocenters. The SMILES string of the molecule is O=C(Nc1ccc(Nc2cccc(F)c2)nn1)C1CCC1. The quantitative estimate of drug-likeness (QED) is 0.906. The molecule has 1 fully saturated rings. The number of rotatable bonds is 4. The molecule has 3 rings (SSSR count). The molecule has 1 amide bonds.